The first-order valence-corrected chi connectivity index (χ1v) is 11.9. The van der Waals surface area contributed by atoms with Gasteiger partial charge in [-0.15, -0.1) is 0 Å². The molecule has 1 saturated carbocycles. The van der Waals surface area contributed by atoms with E-state index >= 15 is 0 Å². The minimum absolute atomic E-state index is 0.0692. The van der Waals surface area contributed by atoms with Crippen LogP contribution in [-0.2, 0) is 22.6 Å². The zero-order valence-corrected chi connectivity index (χ0v) is 19.2. The average molecular weight is 450 g/mol. The highest BCUT2D eigenvalue weighted by atomic mass is 19.1. The zero-order chi connectivity index (χ0) is 23.2. The summed E-state index contributed by atoms with van der Waals surface area (Å²) < 4.78 is 13.4. The van der Waals surface area contributed by atoms with Crippen molar-refractivity contribution in [2.45, 2.75) is 45.6 Å². The molecule has 174 valence electrons. The predicted octanol–water partition coefficient (Wildman–Crippen LogP) is 4.92. The van der Waals surface area contributed by atoms with E-state index in [1.54, 1.807) is 21.9 Å². The molecular formula is C27H32FN3O2. The van der Waals surface area contributed by atoms with Gasteiger partial charge in [0.05, 0.1) is 6.54 Å². The van der Waals surface area contributed by atoms with Crippen LogP contribution in [0, 0.1) is 11.7 Å². The number of benzene rings is 2. The quantitative estimate of drug-likeness (QED) is 0.478. The Kier molecular flexibility index (Phi) is 7.43. The fourth-order valence-corrected chi connectivity index (χ4v) is 4.41. The molecule has 2 aromatic carbocycles. The molecule has 1 heterocycles. The molecule has 0 atom stereocenters. The Hall–Kier alpha value is -3.15. The molecule has 1 fully saturated rings. The third-order valence-electron chi connectivity index (χ3n) is 6.55. The van der Waals surface area contributed by atoms with Crippen molar-refractivity contribution in [2.75, 3.05) is 19.6 Å². The number of aromatic nitrogens is 1. The number of rotatable bonds is 10. The summed E-state index contributed by atoms with van der Waals surface area (Å²) in [6.45, 7) is 3.62. The maximum atomic E-state index is 13.4. The van der Waals surface area contributed by atoms with Crippen molar-refractivity contribution in [1.82, 2.24) is 14.8 Å². The molecule has 1 N–H and O–H groups in total. The van der Waals surface area contributed by atoms with Gasteiger partial charge in [0.25, 0.3) is 0 Å². The number of nitrogens with one attached hydrogen (secondary N) is 1. The summed E-state index contributed by atoms with van der Waals surface area (Å²) in [4.78, 5) is 33.1. The van der Waals surface area contributed by atoms with E-state index in [0.29, 0.717) is 26.1 Å². The number of fused-ring (bicyclic) bond motifs is 1. The predicted molar refractivity (Wildman–Crippen MR) is 128 cm³/mol. The van der Waals surface area contributed by atoms with E-state index in [1.807, 2.05) is 31.3 Å². The molecule has 0 bridgehead atoms. The van der Waals surface area contributed by atoms with E-state index in [4.69, 9.17) is 0 Å². The summed E-state index contributed by atoms with van der Waals surface area (Å²) in [5.41, 5.74) is 3.10. The van der Waals surface area contributed by atoms with Crippen molar-refractivity contribution in [3.05, 3.63) is 71.7 Å². The molecule has 0 aliphatic heterocycles. The van der Waals surface area contributed by atoms with Crippen LogP contribution in [0.15, 0.2) is 54.7 Å². The van der Waals surface area contributed by atoms with Crippen LogP contribution in [0.1, 0.15) is 43.7 Å². The number of carbonyl (C=O) groups is 2. The van der Waals surface area contributed by atoms with Crippen LogP contribution < -0.4 is 0 Å². The molecule has 4 rings (SSSR count). The van der Waals surface area contributed by atoms with Gasteiger partial charge in [-0.3, -0.25) is 9.59 Å². The third-order valence-corrected chi connectivity index (χ3v) is 6.55. The van der Waals surface area contributed by atoms with E-state index in [9.17, 15) is 14.0 Å². The van der Waals surface area contributed by atoms with Crippen molar-refractivity contribution >= 4 is 22.7 Å². The monoisotopic (exact) mass is 449 g/mol. The second-order valence-corrected chi connectivity index (χ2v) is 8.94. The van der Waals surface area contributed by atoms with Gasteiger partial charge < -0.3 is 14.8 Å². The summed E-state index contributed by atoms with van der Waals surface area (Å²) >= 11 is 0. The third kappa shape index (κ3) is 5.62. The van der Waals surface area contributed by atoms with E-state index < -0.39 is 0 Å². The molecular weight excluding hydrogens is 417 g/mol. The van der Waals surface area contributed by atoms with Gasteiger partial charge in [-0.05, 0) is 55.0 Å². The fourth-order valence-electron chi connectivity index (χ4n) is 4.41. The van der Waals surface area contributed by atoms with Crippen LogP contribution in [0.5, 0.6) is 0 Å². The Balaban J connectivity index is 1.49. The van der Waals surface area contributed by atoms with Crippen LogP contribution in [-0.4, -0.2) is 46.2 Å². The largest absolute Gasteiger partial charge is 0.361 e. The van der Waals surface area contributed by atoms with Gasteiger partial charge in [-0.25, -0.2) is 4.39 Å². The highest BCUT2D eigenvalue weighted by Crippen LogP contribution is 2.28. The summed E-state index contributed by atoms with van der Waals surface area (Å²) in [5, 5.41) is 1.15. The first kappa shape index (κ1) is 23.0. The van der Waals surface area contributed by atoms with Crippen molar-refractivity contribution in [1.29, 1.82) is 0 Å². The molecule has 5 nitrogen and oxygen atoms in total. The van der Waals surface area contributed by atoms with Crippen molar-refractivity contribution in [3.8, 4) is 0 Å². The minimum atomic E-state index is -0.296. The summed E-state index contributed by atoms with van der Waals surface area (Å²) in [6.07, 6.45) is 6.45. The molecule has 0 saturated heterocycles. The minimum Gasteiger partial charge on any atom is -0.361 e. The molecule has 0 radical (unpaired) electrons. The molecule has 1 aromatic heterocycles. The van der Waals surface area contributed by atoms with Gasteiger partial charge in [-0.2, -0.15) is 0 Å². The Bertz CT molecular complexity index is 1090. The van der Waals surface area contributed by atoms with E-state index in [2.05, 4.69) is 11.1 Å². The van der Waals surface area contributed by atoms with Gasteiger partial charge >= 0.3 is 0 Å². The molecule has 1 aliphatic carbocycles. The SMILES string of the molecule is CCCN(CC(=O)N(CCc1c[nH]c2ccccc12)Cc1ccc(F)cc1)C(=O)C1CCC1. The zero-order valence-electron chi connectivity index (χ0n) is 19.2. The smallest absolute Gasteiger partial charge is 0.242 e. The van der Waals surface area contributed by atoms with E-state index in [0.717, 1.165) is 47.7 Å². The van der Waals surface area contributed by atoms with Crippen LogP contribution in [0.3, 0.4) is 0 Å². The Labute approximate surface area is 194 Å². The van der Waals surface area contributed by atoms with Gasteiger partial charge in [0.15, 0.2) is 0 Å². The number of hydrogen-bond donors (Lipinski definition) is 1. The van der Waals surface area contributed by atoms with Gasteiger partial charge in [0, 0.05) is 42.7 Å². The maximum absolute atomic E-state index is 13.4. The first-order valence-electron chi connectivity index (χ1n) is 11.9. The summed E-state index contributed by atoms with van der Waals surface area (Å²) in [6, 6.07) is 14.4. The lowest BCUT2D eigenvalue weighted by atomic mass is 9.84. The number of nitrogens with zero attached hydrogens (tertiary/aromatic N) is 2. The molecule has 3 aromatic rings. The lowest BCUT2D eigenvalue weighted by molar-refractivity contribution is -0.145. The average Bonchev–Trinajstić information content (AvgIpc) is 3.19. The number of carbonyl (C=O) groups excluding carboxylic acids is 2. The van der Waals surface area contributed by atoms with Crippen LogP contribution in [0.2, 0.25) is 0 Å². The Morgan fingerprint density at radius 3 is 2.48 bits per heavy atom. The van der Waals surface area contributed by atoms with Gasteiger partial charge in [0.1, 0.15) is 5.82 Å². The summed E-state index contributed by atoms with van der Waals surface area (Å²) in [7, 11) is 0. The molecule has 0 spiro atoms. The van der Waals surface area contributed by atoms with Crippen LogP contribution >= 0.6 is 0 Å². The van der Waals surface area contributed by atoms with Gasteiger partial charge in [0.2, 0.25) is 11.8 Å². The number of aromatic amines is 1. The molecule has 0 unspecified atom stereocenters. The first-order chi connectivity index (χ1) is 16.0. The Morgan fingerprint density at radius 2 is 1.79 bits per heavy atom. The van der Waals surface area contributed by atoms with E-state index in [-0.39, 0.29) is 30.1 Å². The second kappa shape index (κ2) is 10.6. The molecule has 33 heavy (non-hydrogen) atoms. The van der Waals surface area contributed by atoms with Gasteiger partial charge in [-0.1, -0.05) is 43.7 Å². The topological polar surface area (TPSA) is 56.4 Å². The number of hydrogen-bond acceptors (Lipinski definition) is 2. The maximum Gasteiger partial charge on any atom is 0.242 e. The second-order valence-electron chi connectivity index (χ2n) is 8.94. The number of H-pyrrole nitrogens is 1. The number of halogens is 1. The fraction of sp³-hybridized carbons (Fsp3) is 0.407. The normalized spacial score (nSPS) is 13.6. The standard InChI is InChI=1S/C27H32FN3O2/c1-2-15-31(27(33)21-6-5-7-21)19-26(32)30(18-20-10-12-23(28)13-11-20)16-14-22-17-29-25-9-4-3-8-24(22)25/h3-4,8-13,17,21,29H,2,5-7,14-16,18-19H2,1H3. The molecule has 6 heteroatoms. The lowest BCUT2D eigenvalue weighted by Gasteiger charge is -2.33. The number of para-hydroxylation sites is 1. The lowest BCUT2D eigenvalue weighted by Crippen LogP contribution is -2.46. The highest BCUT2D eigenvalue weighted by molar-refractivity contribution is 5.86. The van der Waals surface area contributed by atoms with Crippen molar-refractivity contribution < 1.29 is 14.0 Å². The number of amides is 2. The highest BCUT2D eigenvalue weighted by Gasteiger charge is 2.31. The molecule has 1 aliphatic rings. The summed E-state index contributed by atoms with van der Waals surface area (Å²) in [5.74, 6) is -0.188. The molecule has 2 amide bonds. The van der Waals surface area contributed by atoms with E-state index in [1.165, 1.54) is 12.1 Å². The van der Waals surface area contributed by atoms with Crippen LogP contribution in [0.4, 0.5) is 4.39 Å². The van der Waals surface area contributed by atoms with Crippen LogP contribution in [0.25, 0.3) is 10.9 Å². The van der Waals surface area contributed by atoms with Crippen molar-refractivity contribution in [2.24, 2.45) is 5.92 Å². The van der Waals surface area contributed by atoms with Crippen molar-refractivity contribution in [3.63, 3.8) is 0 Å². The Morgan fingerprint density at radius 1 is 1.03 bits per heavy atom.